The molecule has 0 aliphatic carbocycles. The van der Waals surface area contributed by atoms with Gasteiger partial charge in [-0.15, -0.1) is 0 Å². The van der Waals surface area contributed by atoms with E-state index in [0.29, 0.717) is 0 Å². The van der Waals surface area contributed by atoms with E-state index in [1.54, 1.807) is 24.3 Å². The normalized spacial score (nSPS) is 12.4. The van der Waals surface area contributed by atoms with Crippen molar-refractivity contribution in [2.75, 3.05) is 0 Å². The van der Waals surface area contributed by atoms with Crippen molar-refractivity contribution in [2.45, 2.75) is 38.1 Å². The molecule has 2 aromatic rings. The van der Waals surface area contributed by atoms with E-state index in [0.717, 1.165) is 11.1 Å². The van der Waals surface area contributed by atoms with Crippen LogP contribution in [0.4, 0.5) is 4.79 Å². The van der Waals surface area contributed by atoms with E-state index in [2.05, 4.69) is 5.32 Å². The van der Waals surface area contributed by atoms with Crippen molar-refractivity contribution in [1.82, 2.24) is 5.32 Å². The van der Waals surface area contributed by atoms with Crippen LogP contribution in [0.15, 0.2) is 60.7 Å². The molecular weight excluding hydrogens is 376 g/mol. The zero-order valence-electron chi connectivity index (χ0n) is 15.8. The fraction of sp³-hybridized carbons (Fsp3) is 0.286. The number of amides is 1. The van der Waals surface area contributed by atoms with Gasteiger partial charge in [0.1, 0.15) is 25.3 Å². The first-order chi connectivity index (χ1) is 14.0. The van der Waals surface area contributed by atoms with E-state index in [-0.39, 0.29) is 26.1 Å². The van der Waals surface area contributed by atoms with Crippen LogP contribution in [-0.4, -0.2) is 35.2 Å². The lowest BCUT2D eigenvalue weighted by molar-refractivity contribution is -0.147. The molecule has 0 heterocycles. The molecule has 0 bridgehead atoms. The number of nitrogens with one attached hydrogen (secondary N) is 1. The van der Waals surface area contributed by atoms with Gasteiger partial charge in [-0.05, 0) is 24.0 Å². The van der Waals surface area contributed by atoms with Gasteiger partial charge in [0.25, 0.3) is 0 Å². The van der Waals surface area contributed by atoms with E-state index in [9.17, 15) is 19.5 Å². The predicted octanol–water partition coefficient (Wildman–Crippen LogP) is 2.22. The summed E-state index contributed by atoms with van der Waals surface area (Å²) in [5, 5.41) is 11.6. The fourth-order valence-corrected chi connectivity index (χ4v) is 2.46. The van der Waals surface area contributed by atoms with E-state index in [4.69, 9.17) is 15.2 Å². The zero-order valence-corrected chi connectivity index (χ0v) is 15.8. The average molecular weight is 400 g/mol. The Bertz CT molecular complexity index is 797. The van der Waals surface area contributed by atoms with E-state index in [1.807, 2.05) is 36.4 Å². The van der Waals surface area contributed by atoms with Crippen LogP contribution in [0.1, 0.15) is 24.0 Å². The van der Waals surface area contributed by atoms with Gasteiger partial charge in [0, 0.05) is 0 Å². The number of alkyl carbamates (subject to hydrolysis) is 1. The van der Waals surface area contributed by atoms with Crippen molar-refractivity contribution in [3.63, 3.8) is 0 Å². The minimum absolute atomic E-state index is 0.0182. The number of carboxylic acid groups (broad SMARTS) is 1. The molecule has 0 aliphatic rings. The van der Waals surface area contributed by atoms with Crippen LogP contribution in [0.2, 0.25) is 0 Å². The van der Waals surface area contributed by atoms with Gasteiger partial charge in [0.05, 0.1) is 0 Å². The maximum Gasteiger partial charge on any atom is 0.408 e. The Morgan fingerprint density at radius 2 is 1.38 bits per heavy atom. The molecule has 1 amide bonds. The molecule has 4 N–H and O–H groups in total. The first-order valence-electron chi connectivity index (χ1n) is 9.12. The monoisotopic (exact) mass is 400 g/mol. The van der Waals surface area contributed by atoms with Gasteiger partial charge >= 0.3 is 18.0 Å². The number of nitrogens with two attached hydrogens (primary N) is 1. The smallest absolute Gasteiger partial charge is 0.408 e. The van der Waals surface area contributed by atoms with Crippen molar-refractivity contribution < 1.29 is 29.0 Å². The van der Waals surface area contributed by atoms with Gasteiger partial charge in [-0.25, -0.2) is 9.59 Å². The van der Waals surface area contributed by atoms with Gasteiger partial charge in [0.2, 0.25) is 0 Å². The number of carboxylic acids is 1. The van der Waals surface area contributed by atoms with Gasteiger partial charge < -0.3 is 25.6 Å². The second-order valence-corrected chi connectivity index (χ2v) is 6.37. The number of rotatable bonds is 10. The molecule has 0 aliphatic heterocycles. The van der Waals surface area contributed by atoms with Gasteiger partial charge in [-0.1, -0.05) is 60.7 Å². The first kappa shape index (κ1) is 21.9. The second kappa shape index (κ2) is 11.5. The summed E-state index contributed by atoms with van der Waals surface area (Å²) in [4.78, 5) is 35.2. The number of hydrogen-bond acceptors (Lipinski definition) is 6. The van der Waals surface area contributed by atoms with Crippen molar-refractivity contribution in [3.8, 4) is 0 Å². The van der Waals surface area contributed by atoms with E-state index in [1.165, 1.54) is 0 Å². The summed E-state index contributed by atoms with van der Waals surface area (Å²) in [6.07, 6.45) is -0.873. The molecule has 0 spiro atoms. The SMILES string of the molecule is NC(CC[C@H](NC(=O)OCc1ccccc1)C(=O)O)C(=O)OCc1ccccc1. The third-order valence-electron chi connectivity index (χ3n) is 4.10. The highest BCUT2D eigenvalue weighted by Crippen LogP contribution is 2.07. The lowest BCUT2D eigenvalue weighted by Crippen LogP contribution is -2.43. The largest absolute Gasteiger partial charge is 0.480 e. The Hall–Kier alpha value is -3.39. The van der Waals surface area contributed by atoms with Crippen LogP contribution < -0.4 is 11.1 Å². The summed E-state index contributed by atoms with van der Waals surface area (Å²) in [5.41, 5.74) is 7.38. The summed E-state index contributed by atoms with van der Waals surface area (Å²) in [6.45, 7) is 0.101. The summed E-state index contributed by atoms with van der Waals surface area (Å²) in [7, 11) is 0. The Labute approximate surface area is 168 Å². The van der Waals surface area contributed by atoms with Crippen LogP contribution in [0.5, 0.6) is 0 Å². The minimum atomic E-state index is -1.24. The third-order valence-corrected chi connectivity index (χ3v) is 4.10. The van der Waals surface area contributed by atoms with E-state index < -0.39 is 30.1 Å². The number of aliphatic carboxylic acids is 1. The third kappa shape index (κ3) is 8.02. The Morgan fingerprint density at radius 3 is 1.90 bits per heavy atom. The Balaban J connectivity index is 1.74. The summed E-state index contributed by atoms with van der Waals surface area (Å²) < 4.78 is 10.1. The number of benzene rings is 2. The highest BCUT2D eigenvalue weighted by Gasteiger charge is 2.24. The highest BCUT2D eigenvalue weighted by molar-refractivity contribution is 5.80. The molecule has 154 valence electrons. The van der Waals surface area contributed by atoms with Crippen molar-refractivity contribution in [1.29, 1.82) is 0 Å². The maximum absolute atomic E-state index is 12.0. The molecule has 2 aromatic carbocycles. The van der Waals surface area contributed by atoms with Crippen LogP contribution in [0.25, 0.3) is 0 Å². The maximum atomic E-state index is 12.0. The molecule has 8 nitrogen and oxygen atoms in total. The minimum Gasteiger partial charge on any atom is -0.480 e. The van der Waals surface area contributed by atoms with Crippen molar-refractivity contribution in [3.05, 3.63) is 71.8 Å². The van der Waals surface area contributed by atoms with Gasteiger partial charge in [-0.3, -0.25) is 4.79 Å². The summed E-state index contributed by atoms with van der Waals surface area (Å²) in [6, 6.07) is 15.9. The summed E-state index contributed by atoms with van der Waals surface area (Å²) in [5.74, 6) is -1.88. The van der Waals surface area contributed by atoms with Crippen molar-refractivity contribution >= 4 is 18.0 Å². The number of hydrogen-bond donors (Lipinski definition) is 3. The molecule has 8 heteroatoms. The lowest BCUT2D eigenvalue weighted by Gasteiger charge is -2.17. The van der Waals surface area contributed by atoms with Crippen molar-refractivity contribution in [2.24, 2.45) is 5.73 Å². The molecule has 2 atom stereocenters. The van der Waals surface area contributed by atoms with Gasteiger partial charge in [-0.2, -0.15) is 0 Å². The Kier molecular flexibility index (Phi) is 8.65. The number of carbonyl (C=O) groups excluding carboxylic acids is 2. The molecule has 29 heavy (non-hydrogen) atoms. The molecule has 2 rings (SSSR count). The quantitative estimate of drug-likeness (QED) is 0.522. The van der Waals surface area contributed by atoms with Crippen LogP contribution in [0.3, 0.4) is 0 Å². The average Bonchev–Trinajstić information content (AvgIpc) is 2.74. The van der Waals surface area contributed by atoms with Gasteiger partial charge in [0.15, 0.2) is 0 Å². The van der Waals surface area contributed by atoms with Crippen LogP contribution in [-0.2, 0) is 32.3 Å². The van der Waals surface area contributed by atoms with Crippen LogP contribution in [0, 0.1) is 0 Å². The molecule has 0 radical (unpaired) electrons. The molecule has 0 saturated carbocycles. The lowest BCUT2D eigenvalue weighted by atomic mass is 10.1. The summed E-state index contributed by atoms with van der Waals surface area (Å²) >= 11 is 0. The van der Waals surface area contributed by atoms with E-state index >= 15 is 0 Å². The van der Waals surface area contributed by atoms with Crippen LogP contribution >= 0.6 is 0 Å². The highest BCUT2D eigenvalue weighted by atomic mass is 16.5. The Morgan fingerprint density at radius 1 is 0.862 bits per heavy atom. The molecule has 0 aromatic heterocycles. The predicted molar refractivity (Wildman–Crippen MR) is 105 cm³/mol. The molecule has 1 unspecified atom stereocenters. The number of ether oxygens (including phenoxy) is 2. The second-order valence-electron chi connectivity index (χ2n) is 6.37. The standard InChI is InChI=1S/C21H24N2O6/c22-17(20(26)28-13-15-7-3-1-4-8-15)11-12-18(19(24)25)23-21(27)29-14-16-9-5-2-6-10-16/h1-10,17-18H,11-14,22H2,(H,23,27)(H,24,25)/t17?,18-/m0/s1. The molecular formula is C21H24N2O6. The topological polar surface area (TPSA) is 128 Å². The number of esters is 1. The first-order valence-corrected chi connectivity index (χ1v) is 9.12. The molecule has 0 saturated heterocycles. The molecule has 0 fully saturated rings. The zero-order chi connectivity index (χ0) is 21.1. The number of carbonyl (C=O) groups is 3. The fourth-order valence-electron chi connectivity index (χ4n) is 2.46.